The summed E-state index contributed by atoms with van der Waals surface area (Å²) in [5.74, 6) is -0.601. The summed E-state index contributed by atoms with van der Waals surface area (Å²) in [6.45, 7) is 0. The quantitative estimate of drug-likeness (QED) is 0.695. The van der Waals surface area contributed by atoms with E-state index in [1.165, 1.54) is 0 Å². The Morgan fingerprint density at radius 3 is 1.65 bits per heavy atom. The predicted molar refractivity (Wildman–Crippen MR) is 62.5 cm³/mol. The molecule has 0 atom stereocenters. The van der Waals surface area contributed by atoms with Crippen LogP contribution in [0.2, 0.25) is 0 Å². The summed E-state index contributed by atoms with van der Waals surface area (Å²) < 4.78 is 0. The maximum atomic E-state index is 10.9. The van der Waals surface area contributed by atoms with Crippen LogP contribution in [0, 0.1) is 0 Å². The highest BCUT2D eigenvalue weighted by molar-refractivity contribution is 6.21. The van der Waals surface area contributed by atoms with Gasteiger partial charge in [-0.15, -0.1) is 0 Å². The molecule has 0 unspecified atom stereocenters. The predicted octanol–water partition coefficient (Wildman–Crippen LogP) is 1.65. The van der Waals surface area contributed by atoms with Crippen molar-refractivity contribution in [2.24, 2.45) is 0 Å². The fourth-order valence-corrected chi connectivity index (χ4v) is 1.43. The van der Waals surface area contributed by atoms with Crippen molar-refractivity contribution in [1.82, 2.24) is 10.3 Å². The topological polar surface area (TPSA) is 59.1 Å². The van der Waals surface area contributed by atoms with Crippen molar-refractivity contribution in [3.63, 3.8) is 0 Å². The lowest BCUT2D eigenvalue weighted by molar-refractivity contribution is 0.0879. The smallest absolute Gasteiger partial charge is 0.258 e. The molecule has 1 aromatic carbocycles. The van der Waals surface area contributed by atoms with E-state index in [2.05, 4.69) is 10.3 Å². The number of hydrogen-bond donors (Lipinski definition) is 1. The first kappa shape index (κ1) is 11.0. The van der Waals surface area contributed by atoms with Gasteiger partial charge in [-0.2, -0.15) is 0 Å². The third kappa shape index (κ3) is 2.55. The van der Waals surface area contributed by atoms with Crippen molar-refractivity contribution in [3.05, 3.63) is 66.0 Å². The van der Waals surface area contributed by atoms with Gasteiger partial charge < -0.3 is 0 Å². The number of pyridine rings is 1. The van der Waals surface area contributed by atoms with Crippen LogP contribution < -0.4 is 5.32 Å². The van der Waals surface area contributed by atoms with Crippen LogP contribution in [-0.4, -0.2) is 16.8 Å². The summed E-state index contributed by atoms with van der Waals surface area (Å²) in [4.78, 5) is 25.7. The van der Waals surface area contributed by atoms with Gasteiger partial charge in [-0.3, -0.25) is 19.9 Å². The summed E-state index contributed by atoms with van der Waals surface area (Å²) >= 11 is 0. The van der Waals surface area contributed by atoms with Crippen LogP contribution in [0.25, 0.3) is 0 Å². The van der Waals surface area contributed by atoms with Crippen molar-refractivity contribution < 1.29 is 9.59 Å². The molecule has 1 aliphatic rings. The van der Waals surface area contributed by atoms with Crippen LogP contribution in [0.3, 0.4) is 0 Å². The van der Waals surface area contributed by atoms with Gasteiger partial charge >= 0.3 is 0 Å². The van der Waals surface area contributed by atoms with E-state index in [1.807, 2.05) is 18.2 Å². The molecule has 2 aromatic rings. The molecule has 4 nitrogen and oxygen atoms in total. The lowest BCUT2D eigenvalue weighted by Gasteiger charge is -1.88. The first-order chi connectivity index (χ1) is 8.29. The van der Waals surface area contributed by atoms with E-state index in [0.29, 0.717) is 11.1 Å². The Kier molecular flexibility index (Phi) is 3.25. The largest absolute Gasteiger partial charge is 0.288 e. The molecule has 4 heteroatoms. The molecule has 17 heavy (non-hydrogen) atoms. The normalized spacial score (nSPS) is 12.2. The number of carbonyl (C=O) groups excluding carboxylic acids is 2. The Labute approximate surface area is 98.3 Å². The molecule has 0 saturated carbocycles. The van der Waals surface area contributed by atoms with E-state index in [1.54, 1.807) is 36.7 Å². The minimum atomic E-state index is -0.300. The number of carbonyl (C=O) groups is 2. The fraction of sp³-hybridized carbons (Fsp3) is 0. The van der Waals surface area contributed by atoms with Gasteiger partial charge in [0.2, 0.25) is 0 Å². The van der Waals surface area contributed by atoms with Gasteiger partial charge in [0.25, 0.3) is 11.8 Å². The molecule has 84 valence electrons. The number of rotatable bonds is 0. The van der Waals surface area contributed by atoms with Crippen LogP contribution in [-0.2, 0) is 0 Å². The average Bonchev–Trinajstić information content (AvgIpc) is 2.69. The molecule has 0 saturated heterocycles. The van der Waals surface area contributed by atoms with Crippen LogP contribution in [0.4, 0.5) is 0 Å². The zero-order valence-corrected chi connectivity index (χ0v) is 8.96. The van der Waals surface area contributed by atoms with Crippen molar-refractivity contribution in [2.75, 3.05) is 0 Å². The summed E-state index contributed by atoms with van der Waals surface area (Å²) in [5.41, 5.74) is 0.940. The van der Waals surface area contributed by atoms with E-state index in [4.69, 9.17) is 0 Å². The van der Waals surface area contributed by atoms with Crippen LogP contribution in [0.5, 0.6) is 0 Å². The Morgan fingerprint density at radius 1 is 0.765 bits per heavy atom. The number of amides is 2. The average molecular weight is 226 g/mol. The van der Waals surface area contributed by atoms with Crippen molar-refractivity contribution in [1.29, 1.82) is 0 Å². The Bertz CT molecular complexity index is 478. The monoisotopic (exact) mass is 226 g/mol. The number of benzene rings is 1. The molecule has 0 fully saturated rings. The molecule has 0 bridgehead atoms. The molecular weight excluding hydrogens is 216 g/mol. The van der Waals surface area contributed by atoms with Crippen molar-refractivity contribution in [3.8, 4) is 0 Å². The number of aromatic nitrogens is 1. The number of imide groups is 1. The zero-order valence-electron chi connectivity index (χ0n) is 8.96. The Hall–Kier alpha value is -2.49. The van der Waals surface area contributed by atoms with E-state index in [9.17, 15) is 9.59 Å². The van der Waals surface area contributed by atoms with Gasteiger partial charge in [-0.1, -0.05) is 18.2 Å². The van der Waals surface area contributed by atoms with Crippen molar-refractivity contribution in [2.45, 2.75) is 0 Å². The second-order valence-electron chi connectivity index (χ2n) is 3.35. The van der Waals surface area contributed by atoms with E-state index < -0.39 is 0 Å². The number of hydrogen-bond acceptors (Lipinski definition) is 3. The second-order valence-corrected chi connectivity index (χ2v) is 3.35. The van der Waals surface area contributed by atoms with Gasteiger partial charge in [-0.25, -0.2) is 0 Å². The molecule has 1 aromatic heterocycles. The highest BCUT2D eigenvalue weighted by Gasteiger charge is 2.25. The minimum Gasteiger partial charge on any atom is -0.288 e. The van der Waals surface area contributed by atoms with Gasteiger partial charge in [-0.05, 0) is 24.3 Å². The van der Waals surface area contributed by atoms with Crippen LogP contribution in [0.15, 0.2) is 54.9 Å². The first-order valence-corrected chi connectivity index (χ1v) is 5.09. The van der Waals surface area contributed by atoms with Gasteiger partial charge in [0.05, 0.1) is 11.1 Å². The highest BCUT2D eigenvalue weighted by atomic mass is 16.2. The molecular formula is C13H10N2O2. The van der Waals surface area contributed by atoms with Crippen molar-refractivity contribution >= 4 is 11.8 Å². The second kappa shape index (κ2) is 5.03. The lowest BCUT2D eigenvalue weighted by Crippen LogP contribution is -2.19. The van der Waals surface area contributed by atoms with E-state index in [0.717, 1.165) is 0 Å². The molecule has 2 amide bonds. The molecule has 0 spiro atoms. The Morgan fingerprint density at radius 2 is 1.29 bits per heavy atom. The van der Waals surface area contributed by atoms with Gasteiger partial charge in [0, 0.05) is 12.4 Å². The van der Waals surface area contributed by atoms with Crippen LogP contribution in [0.1, 0.15) is 20.7 Å². The summed E-state index contributed by atoms with van der Waals surface area (Å²) in [6, 6.07) is 12.5. The standard InChI is InChI=1S/C8H5NO2.C5H5N/c10-7-5-3-1-2-4-6(5)8(11)9-7;1-2-4-6-5-3-1/h1-4H,(H,9,10,11);1-5H. The first-order valence-electron chi connectivity index (χ1n) is 5.09. The summed E-state index contributed by atoms with van der Waals surface area (Å²) in [5, 5.41) is 2.20. The maximum absolute atomic E-state index is 10.9. The molecule has 0 radical (unpaired) electrons. The zero-order chi connectivity index (χ0) is 12.1. The van der Waals surface area contributed by atoms with Gasteiger partial charge in [0.1, 0.15) is 0 Å². The summed E-state index contributed by atoms with van der Waals surface area (Å²) in [6.07, 6.45) is 3.50. The number of nitrogens with one attached hydrogen (secondary N) is 1. The fourth-order valence-electron chi connectivity index (χ4n) is 1.43. The number of fused-ring (bicyclic) bond motifs is 1. The molecule has 1 aliphatic heterocycles. The van der Waals surface area contributed by atoms with Gasteiger partial charge in [0.15, 0.2) is 0 Å². The Balaban J connectivity index is 0.000000153. The third-order valence-corrected chi connectivity index (χ3v) is 2.21. The lowest BCUT2D eigenvalue weighted by atomic mass is 10.1. The highest BCUT2D eigenvalue weighted by Crippen LogP contribution is 2.13. The van der Waals surface area contributed by atoms with E-state index in [-0.39, 0.29) is 11.8 Å². The molecule has 0 aliphatic carbocycles. The SMILES string of the molecule is O=C1NC(=O)c2ccccc21.c1ccncc1. The summed E-state index contributed by atoms with van der Waals surface area (Å²) in [7, 11) is 0. The molecule has 3 rings (SSSR count). The van der Waals surface area contributed by atoms with E-state index >= 15 is 0 Å². The minimum absolute atomic E-state index is 0.300. The number of nitrogens with zero attached hydrogens (tertiary/aromatic N) is 1. The third-order valence-electron chi connectivity index (χ3n) is 2.21. The molecule has 2 heterocycles. The maximum Gasteiger partial charge on any atom is 0.258 e. The molecule has 1 N–H and O–H groups in total. The van der Waals surface area contributed by atoms with Crippen LogP contribution >= 0.6 is 0 Å².